The number of nitrogens with zero attached hydrogens (tertiary/aromatic N) is 2. The van der Waals surface area contributed by atoms with Crippen molar-refractivity contribution in [2.75, 3.05) is 26.1 Å². The summed E-state index contributed by atoms with van der Waals surface area (Å²) in [6, 6.07) is 19.2. The number of aromatic nitrogens is 2. The van der Waals surface area contributed by atoms with Crippen molar-refractivity contribution in [1.29, 1.82) is 0 Å². The maximum Gasteiger partial charge on any atom is 0.358 e. The standard InChI is InChI=1S/C31H33N3O6S/c1-20-12-15-23(16-13-20)41(36,37)33-22-14-17-26(24(18-22)21-8-5-6-9-21)34-27(19-25(32-34)31(35)40-4)30-28(38-2)10-7-11-29(30)39-3/h7,10-19,21,33H,5-6,8-9H2,1-4H3. The first-order valence-corrected chi connectivity index (χ1v) is 14.9. The molecule has 1 heterocycles. The molecule has 1 fully saturated rings. The third-order valence-corrected chi connectivity index (χ3v) is 8.82. The van der Waals surface area contributed by atoms with E-state index in [-0.39, 0.29) is 16.5 Å². The van der Waals surface area contributed by atoms with Crippen LogP contribution in [0.25, 0.3) is 16.9 Å². The number of rotatable bonds is 9. The molecule has 0 unspecified atom stereocenters. The zero-order valence-corrected chi connectivity index (χ0v) is 24.3. The predicted octanol–water partition coefficient (Wildman–Crippen LogP) is 6.11. The highest BCUT2D eigenvalue weighted by Gasteiger charge is 2.27. The molecule has 0 bridgehead atoms. The molecule has 9 nitrogen and oxygen atoms in total. The Balaban J connectivity index is 1.67. The lowest BCUT2D eigenvalue weighted by atomic mass is 9.95. The summed E-state index contributed by atoms with van der Waals surface area (Å²) < 4.78 is 47.1. The number of hydrogen-bond donors (Lipinski definition) is 1. The van der Waals surface area contributed by atoms with Crippen molar-refractivity contribution in [2.45, 2.75) is 43.4 Å². The normalized spacial score (nSPS) is 13.7. The molecule has 1 aliphatic carbocycles. The molecule has 0 aliphatic heterocycles. The molecule has 3 aromatic carbocycles. The van der Waals surface area contributed by atoms with Crippen LogP contribution >= 0.6 is 0 Å². The van der Waals surface area contributed by atoms with E-state index in [0.29, 0.717) is 28.4 Å². The fourth-order valence-corrected chi connectivity index (χ4v) is 6.41. The van der Waals surface area contributed by atoms with E-state index >= 15 is 0 Å². The Kier molecular flexibility index (Phi) is 8.03. The summed E-state index contributed by atoms with van der Waals surface area (Å²) in [6.45, 7) is 1.91. The number of methoxy groups -OCH3 is 3. The summed E-state index contributed by atoms with van der Waals surface area (Å²) in [5.41, 5.74) is 4.41. The number of carbonyl (C=O) groups excluding carboxylic acids is 1. The molecule has 0 radical (unpaired) electrons. The van der Waals surface area contributed by atoms with Crippen LogP contribution in [0.15, 0.2) is 71.6 Å². The van der Waals surface area contributed by atoms with E-state index < -0.39 is 16.0 Å². The van der Waals surface area contributed by atoms with Gasteiger partial charge in [-0.3, -0.25) is 4.72 Å². The van der Waals surface area contributed by atoms with Crippen LogP contribution in [-0.4, -0.2) is 45.5 Å². The van der Waals surface area contributed by atoms with Crippen molar-refractivity contribution < 1.29 is 27.4 Å². The number of aryl methyl sites for hydroxylation is 1. The average Bonchev–Trinajstić information content (AvgIpc) is 3.67. The van der Waals surface area contributed by atoms with Crippen LogP contribution in [0.5, 0.6) is 11.5 Å². The average molecular weight is 576 g/mol. The Labute approximate surface area is 240 Å². The summed E-state index contributed by atoms with van der Waals surface area (Å²) in [5.74, 6) is 0.703. The van der Waals surface area contributed by atoms with Gasteiger partial charge in [0.15, 0.2) is 5.69 Å². The molecule has 0 amide bonds. The lowest BCUT2D eigenvalue weighted by Gasteiger charge is -2.20. The van der Waals surface area contributed by atoms with Crippen LogP contribution in [0.3, 0.4) is 0 Å². The van der Waals surface area contributed by atoms with E-state index in [1.807, 2.05) is 37.3 Å². The maximum absolute atomic E-state index is 13.2. The van der Waals surface area contributed by atoms with Crippen LogP contribution in [0, 0.1) is 6.92 Å². The highest BCUT2D eigenvalue weighted by Crippen LogP contribution is 2.43. The molecule has 0 atom stereocenters. The van der Waals surface area contributed by atoms with E-state index in [4.69, 9.17) is 14.2 Å². The minimum absolute atomic E-state index is 0.122. The van der Waals surface area contributed by atoms with E-state index in [2.05, 4.69) is 9.82 Å². The number of benzene rings is 3. The van der Waals surface area contributed by atoms with Gasteiger partial charge in [-0.25, -0.2) is 17.9 Å². The highest BCUT2D eigenvalue weighted by molar-refractivity contribution is 7.92. The summed E-state index contributed by atoms with van der Waals surface area (Å²) in [5, 5.41) is 4.66. The first kappa shape index (κ1) is 28.2. The first-order chi connectivity index (χ1) is 19.7. The molecule has 0 saturated heterocycles. The molecule has 1 N–H and O–H groups in total. The van der Waals surface area contributed by atoms with Crippen LogP contribution in [-0.2, 0) is 14.8 Å². The first-order valence-electron chi connectivity index (χ1n) is 13.4. The van der Waals surface area contributed by atoms with Crippen molar-refractivity contribution in [3.05, 3.63) is 83.6 Å². The molecular formula is C31H33N3O6S. The molecule has 41 heavy (non-hydrogen) atoms. The smallest absolute Gasteiger partial charge is 0.358 e. The molecule has 5 rings (SSSR count). The lowest BCUT2D eigenvalue weighted by molar-refractivity contribution is 0.0593. The van der Waals surface area contributed by atoms with Crippen molar-refractivity contribution in [1.82, 2.24) is 9.78 Å². The molecule has 10 heteroatoms. The number of hydrogen-bond acceptors (Lipinski definition) is 7. The number of nitrogens with one attached hydrogen (secondary N) is 1. The Morgan fingerprint density at radius 1 is 0.927 bits per heavy atom. The van der Waals surface area contributed by atoms with E-state index in [0.717, 1.165) is 42.5 Å². The van der Waals surface area contributed by atoms with Gasteiger partial charge in [0.05, 0.1) is 43.2 Å². The van der Waals surface area contributed by atoms with Crippen molar-refractivity contribution in [3.63, 3.8) is 0 Å². The maximum atomic E-state index is 13.2. The fourth-order valence-electron chi connectivity index (χ4n) is 5.36. The Bertz CT molecular complexity index is 1650. The molecule has 1 aliphatic rings. The van der Waals surface area contributed by atoms with E-state index in [9.17, 15) is 13.2 Å². The minimum Gasteiger partial charge on any atom is -0.496 e. The lowest BCUT2D eigenvalue weighted by Crippen LogP contribution is -2.14. The third-order valence-electron chi connectivity index (χ3n) is 7.42. The molecular weight excluding hydrogens is 542 g/mol. The number of ether oxygens (including phenoxy) is 3. The third kappa shape index (κ3) is 5.65. The quantitative estimate of drug-likeness (QED) is 0.240. The van der Waals surface area contributed by atoms with Gasteiger partial charge in [0, 0.05) is 5.69 Å². The Morgan fingerprint density at radius 3 is 2.20 bits per heavy atom. The zero-order valence-electron chi connectivity index (χ0n) is 23.5. The van der Waals surface area contributed by atoms with Gasteiger partial charge in [-0.05, 0) is 79.8 Å². The molecule has 0 spiro atoms. The second-order valence-corrected chi connectivity index (χ2v) is 11.7. The van der Waals surface area contributed by atoms with Crippen molar-refractivity contribution in [3.8, 4) is 28.4 Å². The summed E-state index contributed by atoms with van der Waals surface area (Å²) in [4.78, 5) is 12.8. The Morgan fingerprint density at radius 2 is 1.59 bits per heavy atom. The predicted molar refractivity (Wildman–Crippen MR) is 157 cm³/mol. The number of anilines is 1. The van der Waals surface area contributed by atoms with Gasteiger partial charge < -0.3 is 14.2 Å². The van der Waals surface area contributed by atoms with Gasteiger partial charge in [-0.1, -0.05) is 36.6 Å². The van der Waals surface area contributed by atoms with Crippen LogP contribution in [0.1, 0.15) is 53.2 Å². The van der Waals surface area contributed by atoms with Gasteiger partial charge in [-0.2, -0.15) is 5.10 Å². The molecule has 4 aromatic rings. The fraction of sp³-hybridized carbons (Fsp3) is 0.290. The summed E-state index contributed by atoms with van der Waals surface area (Å²) in [6.07, 6.45) is 4.06. The van der Waals surface area contributed by atoms with Crippen LogP contribution in [0.2, 0.25) is 0 Å². The topological polar surface area (TPSA) is 109 Å². The van der Waals surface area contributed by atoms with Gasteiger partial charge in [0.1, 0.15) is 11.5 Å². The summed E-state index contributed by atoms with van der Waals surface area (Å²) >= 11 is 0. The Hall–Kier alpha value is -4.31. The van der Waals surface area contributed by atoms with Gasteiger partial charge in [-0.15, -0.1) is 0 Å². The van der Waals surface area contributed by atoms with Crippen LogP contribution < -0.4 is 14.2 Å². The van der Waals surface area contributed by atoms with Crippen LogP contribution in [0.4, 0.5) is 5.69 Å². The van der Waals surface area contributed by atoms with E-state index in [1.54, 1.807) is 55.3 Å². The number of carbonyl (C=O) groups is 1. The number of esters is 1. The highest BCUT2D eigenvalue weighted by atomic mass is 32.2. The van der Waals surface area contributed by atoms with Gasteiger partial charge in [0.25, 0.3) is 10.0 Å². The van der Waals surface area contributed by atoms with Crippen molar-refractivity contribution >= 4 is 21.7 Å². The molecule has 1 saturated carbocycles. The second kappa shape index (κ2) is 11.7. The SMILES string of the molecule is COC(=O)c1cc(-c2c(OC)cccc2OC)n(-c2ccc(NS(=O)(=O)c3ccc(C)cc3)cc2C2CCCC2)n1. The molecule has 214 valence electrons. The number of sulfonamides is 1. The van der Waals surface area contributed by atoms with Crippen molar-refractivity contribution in [2.24, 2.45) is 0 Å². The minimum atomic E-state index is -3.79. The largest absolute Gasteiger partial charge is 0.496 e. The zero-order chi connectivity index (χ0) is 29.1. The monoisotopic (exact) mass is 575 g/mol. The second-order valence-electron chi connectivity index (χ2n) is 10.0. The molecule has 1 aromatic heterocycles. The van der Waals surface area contributed by atoms with Gasteiger partial charge in [0.2, 0.25) is 0 Å². The summed E-state index contributed by atoms with van der Waals surface area (Å²) in [7, 11) is 0.652. The van der Waals surface area contributed by atoms with E-state index in [1.165, 1.54) is 7.11 Å². The van der Waals surface area contributed by atoms with Gasteiger partial charge >= 0.3 is 5.97 Å².